The van der Waals surface area contributed by atoms with E-state index in [1.165, 1.54) is 42.5 Å². The third-order valence-electron chi connectivity index (χ3n) is 2.92. The van der Waals surface area contributed by atoms with Gasteiger partial charge in [-0.25, -0.2) is 12.6 Å². The Hall–Kier alpha value is -0.900. The van der Waals surface area contributed by atoms with Gasteiger partial charge < -0.3 is 14.6 Å². The summed E-state index contributed by atoms with van der Waals surface area (Å²) in [4.78, 5) is 11.1. The third-order valence-corrected chi connectivity index (χ3v) is 5.70. The molecule has 10 heteroatoms. The first-order chi connectivity index (χ1) is 11.2. The summed E-state index contributed by atoms with van der Waals surface area (Å²) in [5, 5.41) is 10.8. The number of carboxylic acids is 1. The summed E-state index contributed by atoms with van der Waals surface area (Å²) in [7, 11) is -5.10. The molecular formula is C15H12ClNaO6S2. The Labute approximate surface area is 174 Å². The second-order valence-electron chi connectivity index (χ2n) is 4.76. The number of aliphatic carboxylic acids is 1. The molecule has 25 heavy (non-hydrogen) atoms. The topological polar surface area (TPSA) is 101 Å². The van der Waals surface area contributed by atoms with Crippen molar-refractivity contribution in [3.8, 4) is 5.75 Å². The van der Waals surface area contributed by atoms with Gasteiger partial charge >= 0.3 is 29.6 Å². The number of carbonyl (C=O) groups excluding carboxylic acids is 1. The minimum absolute atomic E-state index is 0. The molecule has 0 saturated carbocycles. The van der Waals surface area contributed by atoms with Crippen LogP contribution in [0.2, 0.25) is 5.02 Å². The predicted molar refractivity (Wildman–Crippen MR) is 86.2 cm³/mol. The van der Waals surface area contributed by atoms with Crippen LogP contribution in [0.1, 0.15) is 0 Å². The largest absolute Gasteiger partial charge is 1.00 e. The number of sulfone groups is 1. The molecule has 1 unspecified atom stereocenters. The summed E-state index contributed by atoms with van der Waals surface area (Å²) < 4.78 is 40.7. The monoisotopic (exact) mass is 410 g/mol. The Bertz CT molecular complexity index is 897. The number of carbonyl (C=O) groups is 1. The van der Waals surface area contributed by atoms with E-state index in [2.05, 4.69) is 0 Å². The minimum atomic E-state index is -3.36. The van der Waals surface area contributed by atoms with Crippen LogP contribution in [0.5, 0.6) is 5.75 Å². The van der Waals surface area contributed by atoms with Crippen LogP contribution in [0.3, 0.4) is 0 Å². The molecule has 0 fully saturated rings. The molecule has 0 saturated heterocycles. The quantitative estimate of drug-likeness (QED) is 0.513. The molecule has 0 heterocycles. The zero-order valence-corrected chi connectivity index (χ0v) is 17.8. The van der Waals surface area contributed by atoms with Crippen LogP contribution in [0.4, 0.5) is 0 Å². The molecule has 0 aliphatic rings. The van der Waals surface area contributed by atoms with E-state index in [-0.39, 0.29) is 45.1 Å². The Morgan fingerprint density at radius 1 is 1.20 bits per heavy atom. The zero-order valence-electron chi connectivity index (χ0n) is 13.4. The van der Waals surface area contributed by atoms with Crippen molar-refractivity contribution >= 4 is 38.2 Å². The molecule has 0 amide bonds. The van der Waals surface area contributed by atoms with Crippen LogP contribution in [0.25, 0.3) is 0 Å². The van der Waals surface area contributed by atoms with Gasteiger partial charge in [-0.05, 0) is 42.5 Å². The Morgan fingerprint density at radius 3 is 2.32 bits per heavy atom. The second-order valence-corrected chi connectivity index (χ2v) is 8.66. The number of hydrogen-bond donors (Lipinski definition) is 0. The van der Waals surface area contributed by atoms with Crippen LogP contribution >= 0.6 is 11.6 Å². The van der Waals surface area contributed by atoms with Gasteiger partial charge in [0.25, 0.3) is 0 Å². The fourth-order valence-electron chi connectivity index (χ4n) is 1.82. The van der Waals surface area contributed by atoms with Crippen molar-refractivity contribution in [2.24, 2.45) is 0 Å². The van der Waals surface area contributed by atoms with E-state index >= 15 is 0 Å². The first kappa shape index (κ1) is 22.1. The van der Waals surface area contributed by atoms with E-state index in [1.54, 1.807) is 0 Å². The molecule has 0 aliphatic heterocycles. The molecule has 0 radical (unpaired) electrons. The second kappa shape index (κ2) is 9.16. The van der Waals surface area contributed by atoms with Gasteiger partial charge in [0.05, 0.1) is 26.6 Å². The summed E-state index contributed by atoms with van der Waals surface area (Å²) in [5.74, 6) is -1.33. The van der Waals surface area contributed by atoms with Gasteiger partial charge in [-0.1, -0.05) is 11.6 Å². The maximum absolute atomic E-state index is 12.7. The molecular weight excluding hydrogens is 399 g/mol. The normalized spacial score (nSPS) is 12.1. The fourth-order valence-corrected chi connectivity index (χ4v) is 3.87. The number of ether oxygens (including phenoxy) is 1. The number of hydrogen-bond acceptors (Lipinski definition) is 6. The van der Waals surface area contributed by atoms with Crippen molar-refractivity contribution in [2.75, 3.05) is 12.9 Å². The standard InChI is InChI=1S/C15H13ClO6S2.Na/c1-24(20,21)12-5-3-11(4-6-12)23(19)14-8-10(16)2-7-13(14)22-9-15(17)18;/h2-8H,9H2,1H3,(H,17,18);/q;+1/p-1. The number of benzene rings is 2. The average molecular weight is 411 g/mol. The van der Waals surface area contributed by atoms with Gasteiger partial charge in [0.1, 0.15) is 12.4 Å². The molecule has 6 nitrogen and oxygen atoms in total. The van der Waals surface area contributed by atoms with Crippen molar-refractivity contribution in [1.29, 1.82) is 0 Å². The first-order valence-electron chi connectivity index (χ1n) is 6.52. The van der Waals surface area contributed by atoms with Gasteiger partial charge in [0, 0.05) is 16.2 Å². The van der Waals surface area contributed by atoms with Crippen LogP contribution in [0.15, 0.2) is 57.2 Å². The average Bonchev–Trinajstić information content (AvgIpc) is 2.52. The maximum Gasteiger partial charge on any atom is 1.00 e. The zero-order chi connectivity index (χ0) is 17.9. The molecule has 1 atom stereocenters. The summed E-state index contributed by atoms with van der Waals surface area (Å²) in [5.41, 5.74) is 0. The fraction of sp³-hybridized carbons (Fsp3) is 0.133. The molecule has 2 aromatic carbocycles. The van der Waals surface area contributed by atoms with Crippen LogP contribution in [-0.2, 0) is 25.4 Å². The smallest absolute Gasteiger partial charge is 0.546 e. The van der Waals surface area contributed by atoms with Gasteiger partial charge in [-0.2, -0.15) is 0 Å². The SMILES string of the molecule is CS(=O)(=O)c1ccc(S(=O)c2cc(Cl)ccc2OCC(=O)[O-])cc1.[Na+]. The van der Waals surface area contributed by atoms with Gasteiger partial charge in [0.15, 0.2) is 9.84 Å². The van der Waals surface area contributed by atoms with Crippen molar-refractivity contribution in [2.45, 2.75) is 14.7 Å². The van der Waals surface area contributed by atoms with Gasteiger partial charge in [0.2, 0.25) is 0 Å². The van der Waals surface area contributed by atoms with E-state index in [0.717, 1.165) is 6.26 Å². The van der Waals surface area contributed by atoms with Crippen LogP contribution in [-0.4, -0.2) is 31.5 Å². The van der Waals surface area contributed by atoms with Crippen molar-refractivity contribution in [3.05, 3.63) is 47.5 Å². The van der Waals surface area contributed by atoms with E-state index in [1.807, 2.05) is 0 Å². The van der Waals surface area contributed by atoms with Crippen molar-refractivity contribution < 1.29 is 56.8 Å². The summed E-state index contributed by atoms with van der Waals surface area (Å²) in [6.07, 6.45) is 1.07. The molecule has 128 valence electrons. The van der Waals surface area contributed by atoms with Crippen LogP contribution in [0, 0.1) is 0 Å². The number of carboxylic acid groups (broad SMARTS) is 1. The molecule has 0 N–H and O–H groups in total. The molecule has 0 aromatic heterocycles. The van der Waals surface area contributed by atoms with Gasteiger partial charge in [-0.3, -0.25) is 0 Å². The van der Waals surface area contributed by atoms with E-state index in [9.17, 15) is 22.5 Å². The molecule has 2 aromatic rings. The Morgan fingerprint density at radius 2 is 1.80 bits per heavy atom. The summed E-state index contributed by atoms with van der Waals surface area (Å²) >= 11 is 5.90. The predicted octanol–water partition coefficient (Wildman–Crippen LogP) is -1.96. The Kier molecular flexibility index (Phi) is 8.11. The van der Waals surface area contributed by atoms with E-state index in [4.69, 9.17) is 16.3 Å². The number of halogens is 1. The van der Waals surface area contributed by atoms with Crippen molar-refractivity contribution in [1.82, 2.24) is 0 Å². The number of rotatable bonds is 6. The molecule has 2 rings (SSSR count). The molecule has 0 aliphatic carbocycles. The summed E-state index contributed by atoms with van der Waals surface area (Å²) in [6, 6.07) is 9.78. The van der Waals surface area contributed by atoms with Gasteiger partial charge in [-0.15, -0.1) is 0 Å². The minimum Gasteiger partial charge on any atom is -0.546 e. The van der Waals surface area contributed by atoms with E-state index < -0.39 is 33.2 Å². The third kappa shape index (κ3) is 6.09. The summed E-state index contributed by atoms with van der Waals surface area (Å²) in [6.45, 7) is -0.696. The van der Waals surface area contributed by atoms with E-state index in [0.29, 0.717) is 9.92 Å². The molecule has 0 spiro atoms. The Balaban J connectivity index is 0.00000312. The maximum atomic E-state index is 12.7. The first-order valence-corrected chi connectivity index (χ1v) is 9.94. The van der Waals surface area contributed by atoms with Crippen LogP contribution < -0.4 is 39.4 Å². The van der Waals surface area contributed by atoms with Crippen molar-refractivity contribution in [3.63, 3.8) is 0 Å². The molecule has 0 bridgehead atoms.